The van der Waals surface area contributed by atoms with Crippen LogP contribution in [-0.4, -0.2) is 35.9 Å². The molecule has 1 N–H and O–H groups in total. The van der Waals surface area contributed by atoms with E-state index < -0.39 is 0 Å². The summed E-state index contributed by atoms with van der Waals surface area (Å²) in [4.78, 5) is 2.23. The van der Waals surface area contributed by atoms with Gasteiger partial charge in [0.1, 0.15) is 0 Å². The number of nitrogens with one attached hydrogen (secondary N) is 1. The van der Waals surface area contributed by atoms with E-state index in [9.17, 15) is 0 Å². The first-order valence-corrected chi connectivity index (χ1v) is 7.36. The van der Waals surface area contributed by atoms with Gasteiger partial charge in [-0.1, -0.05) is 0 Å². The summed E-state index contributed by atoms with van der Waals surface area (Å²) in [5.41, 5.74) is 0. The van der Waals surface area contributed by atoms with Crippen LogP contribution in [0.1, 0.15) is 25.7 Å². The fraction of sp³-hybridized carbons (Fsp3) is 0.600. The zero-order chi connectivity index (χ0) is 14.9. The number of nitriles is 2. The summed E-state index contributed by atoms with van der Waals surface area (Å²) in [5.74, 6) is 0.821. The Morgan fingerprint density at radius 2 is 2.38 bits per heavy atom. The normalized spacial score (nSPS) is 19.5. The Balaban J connectivity index is 1.82. The van der Waals surface area contributed by atoms with Gasteiger partial charge in [-0.2, -0.15) is 15.6 Å². The number of piperidine rings is 1. The van der Waals surface area contributed by atoms with Gasteiger partial charge in [0.05, 0.1) is 18.1 Å². The molecule has 2 rings (SSSR count). The summed E-state index contributed by atoms with van der Waals surface area (Å²) in [6.07, 6.45) is 4.96. The van der Waals surface area contributed by atoms with Gasteiger partial charge in [0, 0.05) is 38.3 Å². The molecular weight excluding hydrogens is 264 g/mol. The lowest BCUT2D eigenvalue weighted by Gasteiger charge is -2.34. The third-order valence-electron chi connectivity index (χ3n) is 3.74. The molecule has 1 fully saturated rings. The lowest BCUT2D eigenvalue weighted by atomic mass is 10.0. The monoisotopic (exact) mass is 284 g/mol. The van der Waals surface area contributed by atoms with Gasteiger partial charge in [-0.05, 0) is 31.4 Å². The van der Waals surface area contributed by atoms with E-state index in [1.807, 2.05) is 12.1 Å². The Bertz CT molecular complexity index is 503. The van der Waals surface area contributed by atoms with Crippen LogP contribution in [0.5, 0.6) is 0 Å². The van der Waals surface area contributed by atoms with Crippen molar-refractivity contribution in [1.82, 2.24) is 15.5 Å². The largest absolute Gasteiger partial charge is 0.354 e. The fourth-order valence-corrected chi connectivity index (χ4v) is 2.57. The van der Waals surface area contributed by atoms with Crippen molar-refractivity contribution in [2.75, 3.05) is 24.5 Å². The Morgan fingerprint density at radius 1 is 1.48 bits per heavy atom. The molecule has 0 aromatic carbocycles. The minimum absolute atomic E-state index is 0.0865. The van der Waals surface area contributed by atoms with Crippen molar-refractivity contribution in [3.8, 4) is 12.1 Å². The van der Waals surface area contributed by atoms with Crippen LogP contribution in [0.25, 0.3) is 0 Å². The van der Waals surface area contributed by atoms with Crippen molar-refractivity contribution in [2.24, 2.45) is 5.92 Å². The lowest BCUT2D eigenvalue weighted by Crippen LogP contribution is -2.47. The molecule has 0 spiro atoms. The summed E-state index contributed by atoms with van der Waals surface area (Å²) >= 11 is 0. The molecule has 21 heavy (non-hydrogen) atoms. The molecule has 0 unspecified atom stereocenters. The van der Waals surface area contributed by atoms with Crippen molar-refractivity contribution in [1.29, 1.82) is 10.5 Å². The molecule has 1 aromatic rings. The molecular formula is C15H20N6. The Hall–Kier alpha value is -2.18. The van der Waals surface area contributed by atoms with E-state index in [0.29, 0.717) is 25.4 Å². The highest BCUT2D eigenvalue weighted by Gasteiger charge is 2.21. The molecule has 2 atom stereocenters. The molecule has 110 valence electrons. The van der Waals surface area contributed by atoms with E-state index in [-0.39, 0.29) is 5.92 Å². The van der Waals surface area contributed by atoms with Crippen LogP contribution >= 0.6 is 0 Å². The molecule has 0 aliphatic carbocycles. The predicted molar refractivity (Wildman–Crippen MR) is 79.2 cm³/mol. The van der Waals surface area contributed by atoms with E-state index >= 15 is 0 Å². The summed E-state index contributed by atoms with van der Waals surface area (Å²) < 4.78 is 0. The predicted octanol–water partition coefficient (Wildman–Crippen LogP) is 1.48. The van der Waals surface area contributed by atoms with Gasteiger partial charge in [-0.15, -0.1) is 5.10 Å². The van der Waals surface area contributed by atoms with Crippen molar-refractivity contribution in [3.05, 3.63) is 18.3 Å². The van der Waals surface area contributed by atoms with E-state index in [0.717, 1.165) is 31.7 Å². The first-order chi connectivity index (χ1) is 10.3. The van der Waals surface area contributed by atoms with Crippen molar-refractivity contribution >= 4 is 5.82 Å². The maximum Gasteiger partial charge on any atom is 0.151 e. The minimum Gasteiger partial charge on any atom is -0.354 e. The third-order valence-corrected chi connectivity index (χ3v) is 3.74. The highest BCUT2D eigenvalue weighted by molar-refractivity contribution is 5.37. The van der Waals surface area contributed by atoms with Crippen molar-refractivity contribution in [3.63, 3.8) is 0 Å². The zero-order valence-electron chi connectivity index (χ0n) is 12.1. The summed E-state index contributed by atoms with van der Waals surface area (Å²) in [6.45, 7) is 2.53. The number of anilines is 1. The van der Waals surface area contributed by atoms with Crippen molar-refractivity contribution < 1.29 is 0 Å². The van der Waals surface area contributed by atoms with Crippen LogP contribution in [0.2, 0.25) is 0 Å². The molecule has 1 aromatic heterocycles. The average Bonchev–Trinajstić information content (AvgIpc) is 2.56. The lowest BCUT2D eigenvalue weighted by molar-refractivity contribution is 0.398. The molecule has 1 aliphatic heterocycles. The number of hydrogen-bond acceptors (Lipinski definition) is 6. The smallest absolute Gasteiger partial charge is 0.151 e. The molecule has 0 bridgehead atoms. The molecule has 6 heteroatoms. The van der Waals surface area contributed by atoms with E-state index in [1.54, 1.807) is 6.20 Å². The molecule has 2 heterocycles. The number of nitrogens with zero attached hydrogens (tertiary/aromatic N) is 5. The Labute approximate surface area is 125 Å². The Kier molecular flexibility index (Phi) is 5.93. The topological polar surface area (TPSA) is 88.6 Å². The summed E-state index contributed by atoms with van der Waals surface area (Å²) in [5, 5.41) is 29.2. The van der Waals surface area contributed by atoms with Crippen LogP contribution in [0.4, 0.5) is 5.82 Å². The molecule has 1 aliphatic rings. The van der Waals surface area contributed by atoms with Gasteiger partial charge in [0.25, 0.3) is 0 Å². The van der Waals surface area contributed by atoms with Crippen molar-refractivity contribution in [2.45, 2.75) is 31.7 Å². The SMILES string of the molecule is N#CCC[C@@H](C#N)CN[C@H]1CCCN(c2cccnn2)C1. The van der Waals surface area contributed by atoms with Gasteiger partial charge in [-0.25, -0.2) is 0 Å². The van der Waals surface area contributed by atoms with E-state index in [4.69, 9.17) is 10.5 Å². The maximum atomic E-state index is 9.08. The summed E-state index contributed by atoms with van der Waals surface area (Å²) in [7, 11) is 0. The highest BCUT2D eigenvalue weighted by atomic mass is 15.3. The summed E-state index contributed by atoms with van der Waals surface area (Å²) in [6, 6.07) is 8.59. The quantitative estimate of drug-likeness (QED) is 0.851. The van der Waals surface area contributed by atoms with E-state index in [1.165, 1.54) is 0 Å². The van der Waals surface area contributed by atoms with Crippen LogP contribution in [0.3, 0.4) is 0 Å². The van der Waals surface area contributed by atoms with Gasteiger partial charge >= 0.3 is 0 Å². The van der Waals surface area contributed by atoms with Crippen LogP contribution in [0, 0.1) is 28.6 Å². The minimum atomic E-state index is -0.0865. The van der Waals surface area contributed by atoms with Crippen LogP contribution in [0.15, 0.2) is 18.3 Å². The first-order valence-electron chi connectivity index (χ1n) is 7.36. The van der Waals surface area contributed by atoms with Gasteiger partial charge in [-0.3, -0.25) is 0 Å². The second-order valence-electron chi connectivity index (χ2n) is 5.30. The fourth-order valence-electron chi connectivity index (χ4n) is 2.57. The van der Waals surface area contributed by atoms with Gasteiger partial charge in [0.2, 0.25) is 0 Å². The Morgan fingerprint density at radius 3 is 3.10 bits per heavy atom. The first kappa shape index (κ1) is 15.2. The maximum absolute atomic E-state index is 9.08. The van der Waals surface area contributed by atoms with Crippen LogP contribution < -0.4 is 10.2 Å². The van der Waals surface area contributed by atoms with Gasteiger partial charge in [0.15, 0.2) is 5.82 Å². The standard InChI is InChI=1S/C15H20N6/c16-7-1-4-13(10-17)11-18-14-5-3-9-21(12-14)15-6-2-8-19-20-15/h2,6,8,13-14,18H,1,3-5,9,11-12H2/t13-,14-/m0/s1. The molecule has 1 saturated heterocycles. The zero-order valence-corrected chi connectivity index (χ0v) is 12.1. The third kappa shape index (κ3) is 4.70. The second kappa shape index (κ2) is 8.18. The molecule has 0 radical (unpaired) electrons. The number of rotatable bonds is 6. The number of aromatic nitrogens is 2. The van der Waals surface area contributed by atoms with E-state index in [2.05, 4.69) is 32.6 Å². The van der Waals surface area contributed by atoms with Crippen LogP contribution in [-0.2, 0) is 0 Å². The average molecular weight is 284 g/mol. The number of hydrogen-bond donors (Lipinski definition) is 1. The highest BCUT2D eigenvalue weighted by Crippen LogP contribution is 2.17. The van der Waals surface area contributed by atoms with Gasteiger partial charge < -0.3 is 10.2 Å². The second-order valence-corrected chi connectivity index (χ2v) is 5.30. The molecule has 6 nitrogen and oxygen atoms in total. The molecule has 0 amide bonds. The molecule has 0 saturated carbocycles.